The second-order valence-electron chi connectivity index (χ2n) is 4.95. The molecule has 0 heterocycles. The van der Waals surface area contributed by atoms with Gasteiger partial charge in [0.15, 0.2) is 6.10 Å². The third-order valence-electron chi connectivity index (χ3n) is 3.02. The number of carbonyl (C=O) groups is 1. The minimum absolute atomic E-state index is 0.233. The Bertz CT molecular complexity index is 654. The van der Waals surface area contributed by atoms with Gasteiger partial charge in [0, 0.05) is 5.02 Å². The summed E-state index contributed by atoms with van der Waals surface area (Å²) >= 11 is 22.7. The smallest absolute Gasteiger partial charge is 0.340 e. The fraction of sp³-hybridized carbons (Fsp3) is 0.235. The number of rotatable bonds is 6. The summed E-state index contributed by atoms with van der Waals surface area (Å²) in [6.45, 7) is -0.133. The third-order valence-corrected chi connectivity index (χ3v) is 3.60. The monoisotopic (exact) mass is 406 g/mol. The first kappa shape index (κ1) is 19.4. The molecule has 0 fully saturated rings. The summed E-state index contributed by atoms with van der Waals surface area (Å²) in [4.78, 5) is 12.3. The molecule has 2 aromatic carbocycles. The van der Waals surface area contributed by atoms with Crippen LogP contribution in [0.25, 0.3) is 0 Å². The number of esters is 1. The van der Waals surface area contributed by atoms with Crippen molar-refractivity contribution in [2.45, 2.75) is 16.5 Å². The van der Waals surface area contributed by atoms with Crippen molar-refractivity contribution >= 4 is 52.4 Å². The van der Waals surface area contributed by atoms with Crippen molar-refractivity contribution in [3.05, 3.63) is 70.7 Å². The molecule has 0 bridgehead atoms. The van der Waals surface area contributed by atoms with E-state index >= 15 is 0 Å². The first-order valence-electron chi connectivity index (χ1n) is 6.99. The summed E-state index contributed by atoms with van der Waals surface area (Å²) in [6, 6.07) is 16.2. The molecule has 1 atom stereocenters. The highest BCUT2D eigenvalue weighted by atomic mass is 35.6. The van der Waals surface area contributed by atoms with Crippen LogP contribution in [0.2, 0.25) is 5.02 Å². The molecule has 0 saturated carbocycles. The lowest BCUT2D eigenvalue weighted by Crippen LogP contribution is -2.24. The molecule has 1 unspecified atom stereocenters. The van der Waals surface area contributed by atoms with E-state index in [1.165, 1.54) is 0 Å². The molecule has 0 radical (unpaired) electrons. The van der Waals surface area contributed by atoms with Gasteiger partial charge in [-0.15, -0.1) is 0 Å². The normalized spacial score (nSPS) is 12.7. The van der Waals surface area contributed by atoms with Gasteiger partial charge < -0.3 is 9.47 Å². The predicted octanol–water partition coefficient (Wildman–Crippen LogP) is 5.51. The summed E-state index contributed by atoms with van der Waals surface area (Å²) in [7, 11) is 0. The molecule has 0 amide bonds. The SMILES string of the molecule is O=C(OCC(Cl)(Cl)Cl)C(OCc1ccccc1)c1ccc(Cl)cc1. The fourth-order valence-electron chi connectivity index (χ4n) is 1.92. The van der Waals surface area contributed by atoms with E-state index in [4.69, 9.17) is 55.9 Å². The van der Waals surface area contributed by atoms with Crippen molar-refractivity contribution in [2.24, 2.45) is 0 Å². The minimum atomic E-state index is -1.68. The van der Waals surface area contributed by atoms with Gasteiger partial charge >= 0.3 is 5.97 Å². The van der Waals surface area contributed by atoms with Crippen molar-refractivity contribution in [2.75, 3.05) is 6.61 Å². The summed E-state index contributed by atoms with van der Waals surface area (Å²) in [5, 5.41) is 0.551. The lowest BCUT2D eigenvalue weighted by molar-refractivity contribution is -0.158. The van der Waals surface area contributed by atoms with Gasteiger partial charge in [-0.3, -0.25) is 0 Å². The maximum Gasteiger partial charge on any atom is 0.340 e. The molecule has 0 aliphatic carbocycles. The third kappa shape index (κ3) is 6.50. The van der Waals surface area contributed by atoms with E-state index < -0.39 is 15.9 Å². The highest BCUT2D eigenvalue weighted by Crippen LogP contribution is 2.28. The van der Waals surface area contributed by atoms with Gasteiger partial charge in [0.2, 0.25) is 3.79 Å². The van der Waals surface area contributed by atoms with Crippen molar-refractivity contribution in [1.82, 2.24) is 0 Å². The first-order chi connectivity index (χ1) is 11.3. The van der Waals surface area contributed by atoms with Gasteiger partial charge in [0.05, 0.1) is 6.61 Å². The molecule has 0 aromatic heterocycles. The zero-order chi connectivity index (χ0) is 17.6. The van der Waals surface area contributed by atoms with Crippen LogP contribution in [0.1, 0.15) is 17.2 Å². The van der Waals surface area contributed by atoms with Crippen LogP contribution in [0.3, 0.4) is 0 Å². The molecule has 2 rings (SSSR count). The van der Waals surface area contributed by atoms with Crippen LogP contribution >= 0.6 is 46.4 Å². The molecule has 3 nitrogen and oxygen atoms in total. The van der Waals surface area contributed by atoms with Crippen LogP contribution in [-0.4, -0.2) is 16.4 Å². The highest BCUT2D eigenvalue weighted by Gasteiger charge is 2.28. The van der Waals surface area contributed by atoms with Gasteiger partial charge in [-0.25, -0.2) is 4.79 Å². The molecule has 0 N–H and O–H groups in total. The zero-order valence-electron chi connectivity index (χ0n) is 12.4. The Balaban J connectivity index is 2.11. The van der Waals surface area contributed by atoms with E-state index in [9.17, 15) is 4.79 Å². The summed E-state index contributed by atoms with van der Waals surface area (Å²) in [5.41, 5.74) is 1.52. The molecular formula is C17H14Cl4O3. The maximum atomic E-state index is 12.3. The number of carbonyl (C=O) groups excluding carboxylic acids is 1. The van der Waals surface area contributed by atoms with Crippen LogP contribution < -0.4 is 0 Å². The molecule has 0 saturated heterocycles. The van der Waals surface area contributed by atoms with E-state index in [0.29, 0.717) is 10.6 Å². The number of alkyl halides is 3. The largest absolute Gasteiger partial charge is 0.459 e. The molecular weight excluding hydrogens is 394 g/mol. The van der Waals surface area contributed by atoms with Gasteiger partial charge in [-0.2, -0.15) is 0 Å². The quantitative estimate of drug-likeness (QED) is 0.467. The van der Waals surface area contributed by atoms with Crippen molar-refractivity contribution in [3.63, 3.8) is 0 Å². The molecule has 0 aliphatic rings. The summed E-state index contributed by atoms with van der Waals surface area (Å²) in [6.07, 6.45) is -0.949. The van der Waals surface area contributed by atoms with E-state index in [1.54, 1.807) is 24.3 Å². The second kappa shape index (κ2) is 8.93. The Kier molecular flexibility index (Phi) is 7.20. The number of hydrogen-bond donors (Lipinski definition) is 0. The van der Waals surface area contributed by atoms with E-state index in [-0.39, 0.29) is 13.2 Å². The Morgan fingerprint density at radius 1 is 1.00 bits per heavy atom. The Labute approximate surface area is 160 Å². The predicted molar refractivity (Wildman–Crippen MR) is 96.7 cm³/mol. The zero-order valence-corrected chi connectivity index (χ0v) is 15.4. The van der Waals surface area contributed by atoms with Crippen LogP contribution in [0.5, 0.6) is 0 Å². The molecule has 0 aliphatic heterocycles. The summed E-state index contributed by atoms with van der Waals surface area (Å²) < 4.78 is 9.10. The van der Waals surface area contributed by atoms with Gasteiger partial charge in [0.1, 0.15) is 6.61 Å². The fourth-order valence-corrected chi connectivity index (χ4v) is 2.21. The molecule has 2 aromatic rings. The number of halogens is 4. The van der Waals surface area contributed by atoms with E-state index in [1.807, 2.05) is 30.3 Å². The number of hydrogen-bond acceptors (Lipinski definition) is 3. The van der Waals surface area contributed by atoms with Crippen molar-refractivity contribution < 1.29 is 14.3 Å². The van der Waals surface area contributed by atoms with Crippen LogP contribution in [0.15, 0.2) is 54.6 Å². The Hall–Kier alpha value is -0.970. The summed E-state index contributed by atoms with van der Waals surface area (Å²) in [5.74, 6) is -0.639. The van der Waals surface area contributed by atoms with Crippen LogP contribution in [0.4, 0.5) is 0 Å². The maximum absolute atomic E-state index is 12.3. The van der Waals surface area contributed by atoms with Gasteiger partial charge in [-0.1, -0.05) is 88.9 Å². The van der Waals surface area contributed by atoms with Crippen molar-refractivity contribution in [1.29, 1.82) is 0 Å². The Morgan fingerprint density at radius 3 is 2.21 bits per heavy atom. The average Bonchev–Trinajstić information content (AvgIpc) is 2.55. The number of ether oxygens (including phenoxy) is 2. The molecule has 0 spiro atoms. The topological polar surface area (TPSA) is 35.5 Å². The number of benzene rings is 2. The van der Waals surface area contributed by atoms with E-state index in [0.717, 1.165) is 5.56 Å². The van der Waals surface area contributed by atoms with Gasteiger partial charge in [0.25, 0.3) is 0 Å². The van der Waals surface area contributed by atoms with E-state index in [2.05, 4.69) is 0 Å². The molecule has 128 valence electrons. The molecule has 7 heteroatoms. The highest BCUT2D eigenvalue weighted by molar-refractivity contribution is 6.67. The average molecular weight is 408 g/mol. The first-order valence-corrected chi connectivity index (χ1v) is 8.51. The standard InChI is InChI=1S/C17H14Cl4O3/c18-14-8-6-13(7-9-14)15(16(22)24-11-17(19,20)21)23-10-12-4-2-1-3-5-12/h1-9,15H,10-11H2. The molecule has 24 heavy (non-hydrogen) atoms. The second-order valence-corrected chi connectivity index (χ2v) is 7.90. The van der Waals surface area contributed by atoms with Crippen LogP contribution in [0, 0.1) is 0 Å². The Morgan fingerprint density at radius 2 is 1.62 bits per heavy atom. The minimum Gasteiger partial charge on any atom is -0.459 e. The lowest BCUT2D eigenvalue weighted by Gasteiger charge is -2.19. The van der Waals surface area contributed by atoms with Crippen LogP contribution in [-0.2, 0) is 20.9 Å². The van der Waals surface area contributed by atoms with Gasteiger partial charge in [-0.05, 0) is 23.3 Å². The van der Waals surface area contributed by atoms with Crippen molar-refractivity contribution in [3.8, 4) is 0 Å². The lowest BCUT2D eigenvalue weighted by atomic mass is 10.1.